The highest BCUT2D eigenvalue weighted by atomic mass is 16.4. The first kappa shape index (κ1) is 14.7. The van der Waals surface area contributed by atoms with Crippen LogP contribution in [-0.4, -0.2) is 30.2 Å². The maximum absolute atomic E-state index is 10.4. The Hall–Kier alpha value is -1.39. The van der Waals surface area contributed by atoms with Crippen LogP contribution in [0.5, 0.6) is 0 Å². The van der Waals surface area contributed by atoms with E-state index in [9.17, 15) is 4.79 Å². The zero-order valence-corrected chi connectivity index (χ0v) is 11.1. The molecule has 1 aromatic rings. The normalized spacial score (nSPS) is 12.4. The average Bonchev–Trinajstić information content (AvgIpc) is 2.28. The summed E-state index contributed by atoms with van der Waals surface area (Å²) in [5.41, 5.74) is 9.54. The number of carboxylic acid groups (broad SMARTS) is 1. The molecular formula is C14H22N2O2. The average molecular weight is 250 g/mol. The van der Waals surface area contributed by atoms with E-state index in [1.54, 1.807) is 0 Å². The van der Waals surface area contributed by atoms with Crippen molar-refractivity contribution >= 4 is 5.97 Å². The minimum Gasteiger partial charge on any atom is -0.481 e. The molecule has 4 N–H and O–H groups in total. The molecule has 0 amide bonds. The van der Waals surface area contributed by atoms with E-state index >= 15 is 0 Å². The third-order valence-electron chi connectivity index (χ3n) is 2.92. The molecular weight excluding hydrogens is 228 g/mol. The largest absolute Gasteiger partial charge is 0.481 e. The summed E-state index contributed by atoms with van der Waals surface area (Å²) in [5.74, 6) is -0.848. The third kappa shape index (κ3) is 5.29. The zero-order chi connectivity index (χ0) is 13.5. The lowest BCUT2D eigenvalue weighted by atomic mass is 10.0. The zero-order valence-electron chi connectivity index (χ0n) is 11.1. The van der Waals surface area contributed by atoms with E-state index in [0.717, 1.165) is 13.0 Å². The molecule has 0 spiro atoms. The van der Waals surface area contributed by atoms with Crippen molar-refractivity contribution in [1.29, 1.82) is 0 Å². The van der Waals surface area contributed by atoms with Crippen LogP contribution in [-0.2, 0) is 11.2 Å². The third-order valence-corrected chi connectivity index (χ3v) is 2.92. The summed E-state index contributed by atoms with van der Waals surface area (Å²) in [6.07, 6.45) is 0.948. The molecule has 0 aliphatic rings. The van der Waals surface area contributed by atoms with Crippen molar-refractivity contribution in [1.82, 2.24) is 5.32 Å². The van der Waals surface area contributed by atoms with E-state index in [4.69, 9.17) is 10.8 Å². The van der Waals surface area contributed by atoms with E-state index < -0.39 is 5.97 Å². The number of rotatable bonds is 7. The molecule has 100 valence electrons. The van der Waals surface area contributed by atoms with Gasteiger partial charge in [0.2, 0.25) is 0 Å². The van der Waals surface area contributed by atoms with Gasteiger partial charge in [0.15, 0.2) is 0 Å². The van der Waals surface area contributed by atoms with Gasteiger partial charge in [-0.05, 0) is 37.9 Å². The van der Waals surface area contributed by atoms with Gasteiger partial charge in [0.25, 0.3) is 0 Å². The summed E-state index contributed by atoms with van der Waals surface area (Å²) in [6.45, 7) is 5.54. The van der Waals surface area contributed by atoms with E-state index in [1.165, 1.54) is 16.7 Å². The molecule has 0 fully saturated rings. The fourth-order valence-corrected chi connectivity index (χ4v) is 1.88. The van der Waals surface area contributed by atoms with Crippen LogP contribution in [0.1, 0.15) is 23.1 Å². The number of benzene rings is 1. The van der Waals surface area contributed by atoms with Crippen LogP contribution >= 0.6 is 0 Å². The highest BCUT2D eigenvalue weighted by molar-refractivity contribution is 5.67. The first-order chi connectivity index (χ1) is 8.49. The lowest BCUT2D eigenvalue weighted by Gasteiger charge is -2.11. The van der Waals surface area contributed by atoms with E-state index in [2.05, 4.69) is 37.4 Å². The number of carboxylic acids is 1. The van der Waals surface area contributed by atoms with Crippen LogP contribution in [0.2, 0.25) is 0 Å². The second kappa shape index (κ2) is 7.13. The van der Waals surface area contributed by atoms with Crippen molar-refractivity contribution < 1.29 is 9.90 Å². The van der Waals surface area contributed by atoms with E-state index in [1.807, 2.05) is 0 Å². The predicted molar refractivity (Wildman–Crippen MR) is 72.7 cm³/mol. The molecule has 0 radical (unpaired) electrons. The van der Waals surface area contributed by atoms with E-state index in [0.29, 0.717) is 6.54 Å². The van der Waals surface area contributed by atoms with Crippen molar-refractivity contribution in [3.63, 3.8) is 0 Å². The summed E-state index contributed by atoms with van der Waals surface area (Å²) >= 11 is 0. The molecule has 4 nitrogen and oxygen atoms in total. The molecule has 4 heteroatoms. The van der Waals surface area contributed by atoms with Gasteiger partial charge in [-0.1, -0.05) is 23.8 Å². The van der Waals surface area contributed by atoms with Crippen molar-refractivity contribution in [3.05, 3.63) is 34.9 Å². The Kier molecular flexibility index (Phi) is 5.82. The molecule has 18 heavy (non-hydrogen) atoms. The maximum atomic E-state index is 10.4. The minimum atomic E-state index is -0.848. The Morgan fingerprint density at radius 3 is 2.83 bits per heavy atom. The van der Waals surface area contributed by atoms with Gasteiger partial charge in [0.05, 0.1) is 6.42 Å². The maximum Gasteiger partial charge on any atom is 0.304 e. The van der Waals surface area contributed by atoms with Gasteiger partial charge in [-0.15, -0.1) is 0 Å². The highest BCUT2D eigenvalue weighted by Crippen LogP contribution is 2.10. The molecule has 0 saturated heterocycles. The Morgan fingerprint density at radius 2 is 2.17 bits per heavy atom. The first-order valence-corrected chi connectivity index (χ1v) is 6.23. The van der Waals surface area contributed by atoms with Crippen molar-refractivity contribution in [3.8, 4) is 0 Å². The number of carbonyl (C=O) groups is 1. The van der Waals surface area contributed by atoms with E-state index in [-0.39, 0.29) is 12.5 Å². The number of aryl methyl sites for hydroxylation is 2. The monoisotopic (exact) mass is 250 g/mol. The first-order valence-electron chi connectivity index (χ1n) is 6.23. The molecule has 1 aromatic carbocycles. The number of hydrogen-bond donors (Lipinski definition) is 3. The fourth-order valence-electron chi connectivity index (χ4n) is 1.88. The van der Waals surface area contributed by atoms with Gasteiger partial charge >= 0.3 is 5.97 Å². The van der Waals surface area contributed by atoms with Crippen molar-refractivity contribution in [2.45, 2.75) is 32.7 Å². The summed E-state index contributed by atoms with van der Waals surface area (Å²) < 4.78 is 0. The Bertz CT molecular complexity index is 405. The second-order valence-electron chi connectivity index (χ2n) is 4.74. The van der Waals surface area contributed by atoms with Crippen molar-refractivity contribution in [2.75, 3.05) is 13.1 Å². The standard InChI is InChI=1S/C14H22N2O2/c1-10-3-4-11(2)12(7-10)5-6-16-9-13(15)8-14(17)18/h3-4,7,13,16H,5-6,8-9,15H2,1-2H3,(H,17,18). The molecule has 0 aliphatic heterocycles. The Balaban J connectivity index is 2.29. The number of nitrogens with one attached hydrogen (secondary N) is 1. The molecule has 1 unspecified atom stereocenters. The summed E-state index contributed by atoms with van der Waals surface area (Å²) in [7, 11) is 0. The summed E-state index contributed by atoms with van der Waals surface area (Å²) in [6, 6.07) is 6.10. The Labute approximate surface area is 108 Å². The van der Waals surface area contributed by atoms with Crippen LogP contribution in [0, 0.1) is 13.8 Å². The molecule has 0 bridgehead atoms. The minimum absolute atomic E-state index is 0.0104. The van der Waals surface area contributed by atoms with Gasteiger partial charge in [-0.3, -0.25) is 4.79 Å². The molecule has 0 aromatic heterocycles. The SMILES string of the molecule is Cc1ccc(C)c(CCNCC(N)CC(=O)O)c1. The molecule has 1 atom stereocenters. The van der Waals surface area contributed by atoms with Crippen LogP contribution in [0.4, 0.5) is 0 Å². The second-order valence-corrected chi connectivity index (χ2v) is 4.74. The summed E-state index contributed by atoms with van der Waals surface area (Å²) in [4.78, 5) is 10.4. The lowest BCUT2D eigenvalue weighted by molar-refractivity contribution is -0.137. The quantitative estimate of drug-likeness (QED) is 0.636. The van der Waals surface area contributed by atoms with Gasteiger partial charge < -0.3 is 16.2 Å². The lowest BCUT2D eigenvalue weighted by Crippen LogP contribution is -2.36. The van der Waals surface area contributed by atoms with Crippen LogP contribution in [0.15, 0.2) is 18.2 Å². The van der Waals surface area contributed by atoms with Crippen LogP contribution in [0.3, 0.4) is 0 Å². The topological polar surface area (TPSA) is 75.3 Å². The number of aliphatic carboxylic acids is 1. The molecule has 1 rings (SSSR count). The number of hydrogen-bond acceptors (Lipinski definition) is 3. The van der Waals surface area contributed by atoms with Crippen LogP contribution < -0.4 is 11.1 Å². The van der Waals surface area contributed by atoms with Gasteiger partial charge in [-0.25, -0.2) is 0 Å². The number of nitrogens with two attached hydrogens (primary N) is 1. The Morgan fingerprint density at radius 1 is 1.44 bits per heavy atom. The summed E-state index contributed by atoms with van der Waals surface area (Å²) in [5, 5.41) is 11.8. The highest BCUT2D eigenvalue weighted by Gasteiger charge is 2.07. The smallest absolute Gasteiger partial charge is 0.304 e. The van der Waals surface area contributed by atoms with Gasteiger partial charge in [0.1, 0.15) is 0 Å². The van der Waals surface area contributed by atoms with Gasteiger partial charge in [-0.2, -0.15) is 0 Å². The van der Waals surface area contributed by atoms with Gasteiger partial charge in [0, 0.05) is 12.6 Å². The van der Waals surface area contributed by atoms with Crippen LogP contribution in [0.25, 0.3) is 0 Å². The van der Waals surface area contributed by atoms with Crippen molar-refractivity contribution in [2.24, 2.45) is 5.73 Å². The molecule has 0 aliphatic carbocycles. The fraction of sp³-hybridized carbons (Fsp3) is 0.500. The predicted octanol–water partition coefficient (Wildman–Crippen LogP) is 1.24. The molecule has 0 heterocycles. The molecule has 0 saturated carbocycles.